The molecule has 1 N–H and O–H groups in total. The van der Waals surface area contributed by atoms with Gasteiger partial charge in [0, 0.05) is 0 Å². The molecule has 2 rings (SSSR count). The van der Waals surface area contributed by atoms with Crippen molar-refractivity contribution in [2.24, 2.45) is 0 Å². The Balaban J connectivity index is 2.08. The second-order valence-electron chi connectivity index (χ2n) is 3.56. The van der Waals surface area contributed by atoms with E-state index in [1.807, 2.05) is 6.20 Å². The normalized spacial score (nSPS) is 20.7. The van der Waals surface area contributed by atoms with Gasteiger partial charge < -0.3 is 0 Å². The summed E-state index contributed by atoms with van der Waals surface area (Å²) in [6.45, 7) is 4.63. The highest BCUT2D eigenvalue weighted by molar-refractivity contribution is 5.00. The van der Waals surface area contributed by atoms with Crippen molar-refractivity contribution in [3.8, 4) is 0 Å². The summed E-state index contributed by atoms with van der Waals surface area (Å²) in [4.78, 5) is 2.50. The molecule has 1 atom stereocenters. The van der Waals surface area contributed by atoms with E-state index >= 15 is 0 Å². The maximum Gasteiger partial charge on any atom is 0.0995 e. The number of hydrogen-bond acceptors (Lipinski definition) is 3. The first kappa shape index (κ1) is 8.69. The van der Waals surface area contributed by atoms with Crippen LogP contribution in [0.2, 0.25) is 0 Å². The van der Waals surface area contributed by atoms with E-state index in [2.05, 4.69) is 27.2 Å². The zero-order chi connectivity index (χ0) is 9.10. The van der Waals surface area contributed by atoms with Crippen molar-refractivity contribution in [2.45, 2.75) is 32.2 Å². The number of rotatable bonds is 3. The number of nitrogens with zero attached hydrogens (tertiary/aromatic N) is 3. The predicted molar refractivity (Wildman–Crippen MR) is 50.2 cm³/mol. The van der Waals surface area contributed by atoms with E-state index in [-0.39, 0.29) is 0 Å². The van der Waals surface area contributed by atoms with E-state index in [9.17, 15) is 0 Å². The number of hydrogen-bond donors (Lipinski definition) is 1. The summed E-state index contributed by atoms with van der Waals surface area (Å²) < 4.78 is 0. The Morgan fingerprint density at radius 2 is 2.31 bits per heavy atom. The van der Waals surface area contributed by atoms with Crippen LogP contribution in [0.1, 0.15) is 37.9 Å². The van der Waals surface area contributed by atoms with Gasteiger partial charge in [0.25, 0.3) is 0 Å². The van der Waals surface area contributed by atoms with Gasteiger partial charge in [0.2, 0.25) is 0 Å². The summed E-state index contributed by atoms with van der Waals surface area (Å²) in [6.07, 6.45) is 5.61. The third kappa shape index (κ3) is 1.72. The minimum absolute atomic E-state index is 0.473. The summed E-state index contributed by atoms with van der Waals surface area (Å²) in [5.41, 5.74) is 1.09. The molecular formula is C9H16N4. The molecule has 1 saturated heterocycles. The lowest BCUT2D eigenvalue weighted by Gasteiger charge is -2.23. The average Bonchev–Trinajstić information content (AvgIpc) is 2.76. The molecule has 0 saturated carbocycles. The second kappa shape index (κ2) is 3.87. The van der Waals surface area contributed by atoms with Crippen LogP contribution in [-0.2, 0) is 0 Å². The van der Waals surface area contributed by atoms with Crippen LogP contribution >= 0.6 is 0 Å². The second-order valence-corrected chi connectivity index (χ2v) is 3.56. The third-order valence-corrected chi connectivity index (χ3v) is 2.74. The summed E-state index contributed by atoms with van der Waals surface area (Å²) in [5.74, 6) is 0. The number of likely N-dealkylation sites (tertiary alicyclic amines) is 1. The van der Waals surface area contributed by atoms with Gasteiger partial charge in [-0.15, -0.1) is 0 Å². The van der Waals surface area contributed by atoms with Crippen LogP contribution in [0.25, 0.3) is 0 Å². The molecule has 0 amide bonds. The molecule has 1 unspecified atom stereocenters. The van der Waals surface area contributed by atoms with Crippen molar-refractivity contribution in [2.75, 3.05) is 13.1 Å². The molecule has 0 spiro atoms. The topological polar surface area (TPSA) is 44.8 Å². The standard InChI is InChI=1S/C9H16N4/c1-2-9(8-7-10-12-11-8)13-5-3-4-6-13/h7,9H,2-6H2,1H3,(H,10,11,12). The van der Waals surface area contributed by atoms with Crippen LogP contribution < -0.4 is 0 Å². The van der Waals surface area contributed by atoms with Crippen molar-refractivity contribution in [3.05, 3.63) is 11.9 Å². The van der Waals surface area contributed by atoms with Crippen molar-refractivity contribution < 1.29 is 0 Å². The lowest BCUT2D eigenvalue weighted by Crippen LogP contribution is -2.25. The molecule has 1 aromatic rings. The Morgan fingerprint density at radius 1 is 1.54 bits per heavy atom. The highest BCUT2D eigenvalue weighted by Crippen LogP contribution is 2.25. The van der Waals surface area contributed by atoms with Crippen LogP contribution in [0.3, 0.4) is 0 Å². The highest BCUT2D eigenvalue weighted by atomic mass is 15.3. The third-order valence-electron chi connectivity index (χ3n) is 2.74. The maximum absolute atomic E-state index is 4.15. The molecule has 0 bridgehead atoms. The average molecular weight is 180 g/mol. The van der Waals surface area contributed by atoms with Gasteiger partial charge in [-0.25, -0.2) is 0 Å². The molecule has 0 radical (unpaired) electrons. The fourth-order valence-corrected chi connectivity index (χ4v) is 2.08. The van der Waals surface area contributed by atoms with Crippen molar-refractivity contribution >= 4 is 0 Å². The predicted octanol–water partition coefficient (Wildman–Crippen LogP) is 1.35. The Labute approximate surface area is 78.3 Å². The molecule has 1 aromatic heterocycles. The molecule has 1 aliphatic rings. The molecule has 1 aliphatic heterocycles. The first-order valence-corrected chi connectivity index (χ1v) is 5.01. The van der Waals surface area contributed by atoms with Gasteiger partial charge in [0.1, 0.15) is 0 Å². The summed E-state index contributed by atoms with van der Waals surface area (Å²) in [6, 6.07) is 0.473. The van der Waals surface area contributed by atoms with Crippen molar-refractivity contribution in [3.63, 3.8) is 0 Å². The number of aromatic nitrogens is 3. The molecule has 4 nitrogen and oxygen atoms in total. The van der Waals surface area contributed by atoms with Gasteiger partial charge in [-0.2, -0.15) is 15.4 Å². The molecule has 2 heterocycles. The van der Waals surface area contributed by atoms with Crippen LogP contribution in [0.5, 0.6) is 0 Å². The monoisotopic (exact) mass is 180 g/mol. The van der Waals surface area contributed by atoms with Crippen LogP contribution in [-0.4, -0.2) is 33.4 Å². The van der Waals surface area contributed by atoms with Gasteiger partial charge >= 0.3 is 0 Å². The van der Waals surface area contributed by atoms with Gasteiger partial charge in [-0.05, 0) is 32.4 Å². The molecule has 0 aliphatic carbocycles. The SMILES string of the molecule is CCC(c1cn[nH]n1)N1CCCC1. The molecule has 0 aromatic carbocycles. The highest BCUT2D eigenvalue weighted by Gasteiger charge is 2.23. The number of nitrogens with one attached hydrogen (secondary N) is 1. The number of H-pyrrole nitrogens is 1. The minimum Gasteiger partial charge on any atom is -0.295 e. The molecule has 72 valence electrons. The molecule has 13 heavy (non-hydrogen) atoms. The summed E-state index contributed by atoms with van der Waals surface area (Å²) in [5, 5.41) is 10.7. The Kier molecular flexibility index (Phi) is 2.59. The van der Waals surface area contributed by atoms with E-state index in [1.165, 1.54) is 25.9 Å². The van der Waals surface area contributed by atoms with E-state index in [0.717, 1.165) is 12.1 Å². The number of aromatic amines is 1. The molecular weight excluding hydrogens is 164 g/mol. The van der Waals surface area contributed by atoms with Crippen molar-refractivity contribution in [1.82, 2.24) is 20.3 Å². The van der Waals surface area contributed by atoms with E-state index < -0.39 is 0 Å². The lowest BCUT2D eigenvalue weighted by molar-refractivity contribution is 0.235. The fourth-order valence-electron chi connectivity index (χ4n) is 2.08. The maximum atomic E-state index is 4.15. The molecule has 4 heteroatoms. The van der Waals surface area contributed by atoms with E-state index in [4.69, 9.17) is 0 Å². The minimum atomic E-state index is 0.473. The summed E-state index contributed by atoms with van der Waals surface area (Å²) >= 11 is 0. The quantitative estimate of drug-likeness (QED) is 0.763. The van der Waals surface area contributed by atoms with Crippen LogP contribution in [0, 0.1) is 0 Å². The zero-order valence-corrected chi connectivity index (χ0v) is 8.03. The first-order chi connectivity index (χ1) is 6.42. The van der Waals surface area contributed by atoms with Gasteiger partial charge in [-0.1, -0.05) is 6.92 Å². The van der Waals surface area contributed by atoms with Crippen LogP contribution in [0.15, 0.2) is 6.20 Å². The van der Waals surface area contributed by atoms with E-state index in [0.29, 0.717) is 6.04 Å². The van der Waals surface area contributed by atoms with Gasteiger partial charge in [-0.3, -0.25) is 4.90 Å². The summed E-state index contributed by atoms with van der Waals surface area (Å²) in [7, 11) is 0. The Morgan fingerprint density at radius 3 is 2.85 bits per heavy atom. The zero-order valence-electron chi connectivity index (χ0n) is 8.03. The fraction of sp³-hybridized carbons (Fsp3) is 0.778. The van der Waals surface area contributed by atoms with Crippen LogP contribution in [0.4, 0.5) is 0 Å². The van der Waals surface area contributed by atoms with Gasteiger partial charge in [0.05, 0.1) is 17.9 Å². The van der Waals surface area contributed by atoms with E-state index in [1.54, 1.807) is 0 Å². The smallest absolute Gasteiger partial charge is 0.0995 e. The Bertz CT molecular complexity index is 238. The first-order valence-electron chi connectivity index (χ1n) is 5.01. The van der Waals surface area contributed by atoms with Gasteiger partial charge in [0.15, 0.2) is 0 Å². The lowest BCUT2D eigenvalue weighted by atomic mass is 10.1. The molecule has 1 fully saturated rings. The van der Waals surface area contributed by atoms with Crippen molar-refractivity contribution in [1.29, 1.82) is 0 Å². The Hall–Kier alpha value is -0.900. The largest absolute Gasteiger partial charge is 0.295 e.